The van der Waals surface area contributed by atoms with Crippen LogP contribution in [0.3, 0.4) is 0 Å². The standard InChI is InChI=1S/C10H12N2O/c1-10(2,7-11)9(13)8-3-5-12-6-4-8/h3-6,9,13H,1-2H3. The monoisotopic (exact) mass is 176 g/mol. The van der Waals surface area contributed by atoms with Gasteiger partial charge in [0.15, 0.2) is 0 Å². The normalized spacial score (nSPS) is 13.4. The summed E-state index contributed by atoms with van der Waals surface area (Å²) in [5, 5.41) is 18.6. The van der Waals surface area contributed by atoms with Crippen LogP contribution in [-0.4, -0.2) is 10.1 Å². The van der Waals surface area contributed by atoms with E-state index < -0.39 is 11.5 Å². The third-order valence-corrected chi connectivity index (χ3v) is 1.99. The quantitative estimate of drug-likeness (QED) is 0.745. The molecular weight excluding hydrogens is 164 g/mol. The third-order valence-electron chi connectivity index (χ3n) is 1.99. The van der Waals surface area contributed by atoms with Crippen molar-refractivity contribution in [2.75, 3.05) is 0 Å². The van der Waals surface area contributed by atoms with Crippen molar-refractivity contribution in [3.8, 4) is 6.07 Å². The van der Waals surface area contributed by atoms with Crippen LogP contribution in [-0.2, 0) is 0 Å². The Morgan fingerprint density at radius 2 is 2.00 bits per heavy atom. The average molecular weight is 176 g/mol. The number of rotatable bonds is 2. The predicted octanol–water partition coefficient (Wildman–Crippen LogP) is 1.66. The van der Waals surface area contributed by atoms with E-state index in [1.807, 2.05) is 0 Å². The van der Waals surface area contributed by atoms with Crippen molar-refractivity contribution < 1.29 is 5.11 Å². The van der Waals surface area contributed by atoms with Gasteiger partial charge in [-0.25, -0.2) is 0 Å². The molecule has 1 atom stereocenters. The fraction of sp³-hybridized carbons (Fsp3) is 0.400. The van der Waals surface area contributed by atoms with Crippen LogP contribution in [0.1, 0.15) is 25.5 Å². The minimum Gasteiger partial charge on any atom is -0.387 e. The Kier molecular flexibility index (Phi) is 2.64. The molecule has 1 heterocycles. The van der Waals surface area contributed by atoms with E-state index in [-0.39, 0.29) is 0 Å². The molecular formula is C10H12N2O. The van der Waals surface area contributed by atoms with Gasteiger partial charge in [-0.05, 0) is 31.5 Å². The summed E-state index contributed by atoms with van der Waals surface area (Å²) < 4.78 is 0. The fourth-order valence-electron chi connectivity index (χ4n) is 1.02. The maximum atomic E-state index is 9.80. The molecule has 0 radical (unpaired) electrons. The fourth-order valence-corrected chi connectivity index (χ4v) is 1.02. The van der Waals surface area contributed by atoms with Gasteiger partial charge < -0.3 is 5.11 Å². The van der Waals surface area contributed by atoms with Crippen LogP contribution in [0, 0.1) is 16.7 Å². The lowest BCUT2D eigenvalue weighted by Crippen LogP contribution is -2.19. The first-order valence-corrected chi connectivity index (χ1v) is 4.07. The minimum absolute atomic E-state index is 0.724. The molecule has 0 saturated heterocycles. The summed E-state index contributed by atoms with van der Waals surface area (Å²) in [5.41, 5.74) is -0.0389. The highest BCUT2D eigenvalue weighted by Crippen LogP contribution is 2.31. The highest BCUT2D eigenvalue weighted by atomic mass is 16.3. The van der Waals surface area contributed by atoms with Gasteiger partial charge in [-0.1, -0.05) is 0 Å². The van der Waals surface area contributed by atoms with Gasteiger partial charge in [-0.3, -0.25) is 4.98 Å². The Hall–Kier alpha value is -1.40. The van der Waals surface area contributed by atoms with Crippen molar-refractivity contribution >= 4 is 0 Å². The molecule has 3 heteroatoms. The summed E-state index contributed by atoms with van der Waals surface area (Å²) in [5.74, 6) is 0. The van der Waals surface area contributed by atoms with Crippen molar-refractivity contribution in [2.45, 2.75) is 20.0 Å². The van der Waals surface area contributed by atoms with Gasteiger partial charge in [-0.2, -0.15) is 5.26 Å². The largest absolute Gasteiger partial charge is 0.387 e. The van der Waals surface area contributed by atoms with Crippen LogP contribution in [0.25, 0.3) is 0 Å². The van der Waals surface area contributed by atoms with E-state index in [0.29, 0.717) is 0 Å². The zero-order valence-corrected chi connectivity index (χ0v) is 7.73. The Balaban J connectivity index is 2.94. The van der Waals surface area contributed by atoms with Crippen LogP contribution in [0.15, 0.2) is 24.5 Å². The van der Waals surface area contributed by atoms with E-state index >= 15 is 0 Å². The van der Waals surface area contributed by atoms with E-state index in [1.165, 1.54) is 0 Å². The summed E-state index contributed by atoms with van der Waals surface area (Å²) in [7, 11) is 0. The molecule has 68 valence electrons. The number of aliphatic hydroxyl groups is 1. The molecule has 0 fully saturated rings. The zero-order valence-electron chi connectivity index (χ0n) is 7.73. The van der Waals surface area contributed by atoms with Crippen molar-refractivity contribution in [3.05, 3.63) is 30.1 Å². The van der Waals surface area contributed by atoms with Crippen LogP contribution in [0.4, 0.5) is 0 Å². The number of nitrogens with zero attached hydrogens (tertiary/aromatic N) is 2. The van der Waals surface area contributed by atoms with E-state index in [0.717, 1.165) is 5.56 Å². The number of aromatic nitrogens is 1. The Morgan fingerprint density at radius 1 is 1.46 bits per heavy atom. The molecule has 1 N–H and O–H groups in total. The number of pyridine rings is 1. The van der Waals surface area contributed by atoms with Gasteiger partial charge in [0.1, 0.15) is 0 Å². The summed E-state index contributed by atoms with van der Waals surface area (Å²) in [6, 6.07) is 5.49. The highest BCUT2D eigenvalue weighted by Gasteiger charge is 2.28. The molecule has 0 aliphatic rings. The topological polar surface area (TPSA) is 56.9 Å². The van der Waals surface area contributed by atoms with Gasteiger partial charge in [0.2, 0.25) is 0 Å². The lowest BCUT2D eigenvalue weighted by atomic mass is 9.84. The molecule has 0 saturated carbocycles. The van der Waals surface area contributed by atoms with Crippen LogP contribution in [0.2, 0.25) is 0 Å². The number of hydrogen-bond acceptors (Lipinski definition) is 3. The number of hydrogen-bond donors (Lipinski definition) is 1. The van der Waals surface area contributed by atoms with E-state index in [2.05, 4.69) is 11.1 Å². The lowest BCUT2D eigenvalue weighted by Gasteiger charge is -2.22. The molecule has 0 aliphatic heterocycles. The maximum absolute atomic E-state index is 9.80. The van der Waals surface area contributed by atoms with Crippen molar-refractivity contribution in [2.24, 2.45) is 5.41 Å². The van der Waals surface area contributed by atoms with Gasteiger partial charge in [0, 0.05) is 12.4 Å². The van der Waals surface area contributed by atoms with Crippen molar-refractivity contribution in [1.29, 1.82) is 5.26 Å². The molecule has 1 aromatic heterocycles. The molecule has 1 rings (SSSR count). The first kappa shape index (κ1) is 9.69. The van der Waals surface area contributed by atoms with Crippen molar-refractivity contribution in [1.82, 2.24) is 4.98 Å². The van der Waals surface area contributed by atoms with Gasteiger partial charge >= 0.3 is 0 Å². The third kappa shape index (κ3) is 2.04. The second kappa shape index (κ2) is 3.55. The SMILES string of the molecule is CC(C)(C#N)C(O)c1ccncc1. The van der Waals surface area contributed by atoms with E-state index in [9.17, 15) is 5.11 Å². The molecule has 0 aliphatic carbocycles. The number of aliphatic hydroxyl groups excluding tert-OH is 1. The summed E-state index contributed by atoms with van der Waals surface area (Å²) >= 11 is 0. The highest BCUT2D eigenvalue weighted by molar-refractivity contribution is 5.18. The first-order chi connectivity index (χ1) is 6.08. The summed E-state index contributed by atoms with van der Waals surface area (Å²) in [6.07, 6.45) is 2.44. The lowest BCUT2D eigenvalue weighted by molar-refractivity contribution is 0.0867. The molecule has 0 spiro atoms. The van der Waals surface area contributed by atoms with E-state index in [1.54, 1.807) is 38.4 Å². The second-order valence-corrected chi connectivity index (χ2v) is 3.52. The first-order valence-electron chi connectivity index (χ1n) is 4.07. The van der Waals surface area contributed by atoms with Gasteiger partial charge in [0.05, 0.1) is 17.6 Å². The van der Waals surface area contributed by atoms with Crippen LogP contribution < -0.4 is 0 Å². The molecule has 0 aromatic carbocycles. The second-order valence-electron chi connectivity index (χ2n) is 3.52. The predicted molar refractivity (Wildman–Crippen MR) is 48.6 cm³/mol. The molecule has 13 heavy (non-hydrogen) atoms. The molecule has 1 unspecified atom stereocenters. The Bertz CT molecular complexity index is 313. The smallest absolute Gasteiger partial charge is 0.0971 e. The molecule has 1 aromatic rings. The molecule has 3 nitrogen and oxygen atoms in total. The van der Waals surface area contributed by atoms with E-state index in [4.69, 9.17) is 5.26 Å². The molecule has 0 bridgehead atoms. The Labute approximate surface area is 77.7 Å². The van der Waals surface area contributed by atoms with Crippen LogP contribution in [0.5, 0.6) is 0 Å². The Morgan fingerprint density at radius 3 is 2.46 bits per heavy atom. The molecule has 0 amide bonds. The minimum atomic E-state index is -0.763. The van der Waals surface area contributed by atoms with Crippen LogP contribution >= 0.6 is 0 Å². The van der Waals surface area contributed by atoms with Gasteiger partial charge in [0.25, 0.3) is 0 Å². The zero-order chi connectivity index (χ0) is 9.90. The summed E-state index contributed by atoms with van der Waals surface area (Å²) in [6.45, 7) is 3.41. The maximum Gasteiger partial charge on any atom is 0.0971 e. The average Bonchev–Trinajstić information content (AvgIpc) is 2.18. The van der Waals surface area contributed by atoms with Crippen molar-refractivity contribution in [3.63, 3.8) is 0 Å². The number of nitriles is 1. The van der Waals surface area contributed by atoms with Gasteiger partial charge in [-0.15, -0.1) is 0 Å². The summed E-state index contributed by atoms with van der Waals surface area (Å²) in [4.78, 5) is 3.84.